The molecule has 0 saturated carbocycles. The van der Waals surface area contributed by atoms with Crippen molar-refractivity contribution in [3.8, 4) is 0 Å². The van der Waals surface area contributed by atoms with Gasteiger partial charge in [0.15, 0.2) is 7.51 Å². The third-order valence-corrected chi connectivity index (χ3v) is 8.33. The lowest BCUT2D eigenvalue weighted by atomic mass is 10.4. The van der Waals surface area contributed by atoms with Crippen LogP contribution in [0, 0.1) is 0 Å². The van der Waals surface area contributed by atoms with E-state index in [1.54, 1.807) is 0 Å². The average Bonchev–Trinajstić information content (AvgIpc) is 3.16. The van der Waals surface area contributed by atoms with Crippen LogP contribution in [0.5, 0.6) is 0 Å². The Hall–Kier alpha value is 0.0700. The topological polar surface area (TPSA) is 48.1 Å². The molecule has 3 rings (SSSR count). The van der Waals surface area contributed by atoms with Gasteiger partial charge in [0, 0.05) is 39.3 Å². The largest absolute Gasteiger partial charge is 0.245 e. The molecular weight excluding hydrogens is 245 g/mol. The van der Waals surface area contributed by atoms with Crippen LogP contribution in [0.4, 0.5) is 0 Å². The minimum Gasteiger partial charge on any atom is -0.245 e. The Kier molecular flexibility index (Phi) is 4.06. The molecule has 0 aromatic carbocycles. The smallest absolute Gasteiger partial charge is 0.185 e. The van der Waals surface area contributed by atoms with Crippen molar-refractivity contribution >= 4 is 7.51 Å². The van der Waals surface area contributed by atoms with Crippen molar-refractivity contribution < 1.29 is 0 Å². The van der Waals surface area contributed by atoms with Gasteiger partial charge in [-0.25, -0.2) is 19.9 Å². The van der Waals surface area contributed by atoms with Crippen molar-refractivity contribution in [2.75, 3.05) is 39.3 Å². The third kappa shape index (κ3) is 2.06. The van der Waals surface area contributed by atoms with Gasteiger partial charge in [0.25, 0.3) is 0 Å². The lowest BCUT2D eigenvalue weighted by molar-refractivity contribution is 0.382. The van der Waals surface area contributed by atoms with Crippen molar-refractivity contribution in [1.29, 1.82) is 0 Å². The minimum atomic E-state index is -1.72. The highest BCUT2D eigenvalue weighted by molar-refractivity contribution is 7.59. The summed E-state index contributed by atoms with van der Waals surface area (Å²) in [4.78, 5) is 4.55. The molecule has 0 unspecified atom stereocenters. The molecule has 0 aliphatic carbocycles. The number of hydrogen-bond acceptors (Lipinski definition) is 1. The second kappa shape index (κ2) is 5.59. The molecular formula is C12H26N5P. The molecule has 0 atom stereocenters. The maximum Gasteiger partial charge on any atom is 0.185 e. The fourth-order valence-corrected chi connectivity index (χ4v) is 7.63. The summed E-state index contributed by atoms with van der Waals surface area (Å²) in [6.07, 6.45) is 7.91. The molecule has 2 N–H and O–H groups in total. The minimum absolute atomic E-state index is 1.20. The van der Waals surface area contributed by atoms with Gasteiger partial charge in [-0.05, 0) is 38.5 Å². The first kappa shape index (κ1) is 13.1. The molecule has 0 aromatic rings. The van der Waals surface area contributed by atoms with E-state index in [9.17, 15) is 0 Å². The van der Waals surface area contributed by atoms with Crippen molar-refractivity contribution in [1.82, 2.24) is 14.0 Å². The van der Waals surface area contributed by atoms with Crippen LogP contribution in [-0.4, -0.2) is 53.3 Å². The number of hydrogen-bond donors (Lipinski definition) is 1. The Morgan fingerprint density at radius 3 is 1.11 bits per heavy atom. The molecule has 0 radical (unpaired) electrons. The van der Waals surface area contributed by atoms with Crippen LogP contribution in [0.25, 0.3) is 0 Å². The molecule has 5 nitrogen and oxygen atoms in total. The first-order chi connectivity index (χ1) is 8.88. The fraction of sp³-hybridized carbons (Fsp3) is 1.00. The Morgan fingerprint density at radius 1 is 0.611 bits per heavy atom. The van der Waals surface area contributed by atoms with E-state index in [-0.39, 0.29) is 0 Å². The highest BCUT2D eigenvalue weighted by atomic mass is 31.2. The van der Waals surface area contributed by atoms with E-state index >= 15 is 0 Å². The zero-order valence-electron chi connectivity index (χ0n) is 11.3. The quantitative estimate of drug-likeness (QED) is 0.485. The van der Waals surface area contributed by atoms with Crippen molar-refractivity contribution in [2.24, 2.45) is 10.7 Å². The van der Waals surface area contributed by atoms with Crippen molar-refractivity contribution in [3.63, 3.8) is 0 Å². The van der Waals surface area contributed by atoms with Gasteiger partial charge in [-0.1, -0.05) is 0 Å². The van der Waals surface area contributed by atoms with Gasteiger partial charge >= 0.3 is 0 Å². The van der Waals surface area contributed by atoms with Gasteiger partial charge in [0.1, 0.15) is 0 Å². The van der Waals surface area contributed by atoms with Crippen LogP contribution in [0.3, 0.4) is 0 Å². The molecule has 0 aromatic heterocycles. The van der Waals surface area contributed by atoms with E-state index in [0.29, 0.717) is 0 Å². The summed E-state index contributed by atoms with van der Waals surface area (Å²) < 4.78 is 7.89. The van der Waals surface area contributed by atoms with Gasteiger partial charge in [0.2, 0.25) is 0 Å². The van der Waals surface area contributed by atoms with Crippen molar-refractivity contribution in [2.45, 2.75) is 38.5 Å². The van der Waals surface area contributed by atoms with Crippen LogP contribution in [0.15, 0.2) is 4.85 Å². The molecule has 3 saturated heterocycles. The van der Waals surface area contributed by atoms with Gasteiger partial charge in [0.05, 0.1) is 0 Å². The van der Waals surface area contributed by atoms with E-state index in [2.05, 4.69) is 18.9 Å². The summed E-state index contributed by atoms with van der Waals surface area (Å²) >= 11 is 0. The molecule has 0 bridgehead atoms. The monoisotopic (exact) mass is 271 g/mol. The molecule has 0 spiro atoms. The Morgan fingerprint density at radius 2 is 0.889 bits per heavy atom. The molecule has 0 amide bonds. The van der Waals surface area contributed by atoms with Crippen LogP contribution in [0.1, 0.15) is 38.5 Å². The zero-order valence-corrected chi connectivity index (χ0v) is 12.2. The van der Waals surface area contributed by atoms with E-state index in [1.165, 1.54) is 77.8 Å². The predicted molar refractivity (Wildman–Crippen MR) is 76.0 cm³/mol. The maximum absolute atomic E-state index is 6.00. The lowest BCUT2D eigenvalue weighted by Gasteiger charge is -2.44. The van der Waals surface area contributed by atoms with Crippen LogP contribution >= 0.6 is 7.51 Å². The zero-order chi connectivity index (χ0) is 12.4. The SMILES string of the molecule is NN=P(N1CCCC1)(N1CCCC1)N1CCCC1. The Bertz CT molecular complexity index is 280. The average molecular weight is 271 g/mol. The summed E-state index contributed by atoms with van der Waals surface area (Å²) in [7, 11) is -1.72. The highest BCUT2D eigenvalue weighted by Gasteiger charge is 2.43. The Balaban J connectivity index is 1.93. The second-order valence-electron chi connectivity index (χ2n) is 5.63. The summed E-state index contributed by atoms with van der Waals surface area (Å²) in [6, 6.07) is 0. The van der Waals surface area contributed by atoms with E-state index in [0.717, 1.165) is 0 Å². The molecule has 3 fully saturated rings. The number of nitrogens with zero attached hydrogens (tertiary/aromatic N) is 4. The Labute approximate surface area is 110 Å². The summed E-state index contributed by atoms with van der Waals surface area (Å²) in [6.45, 7) is 7.18. The number of nitrogens with two attached hydrogens (primary N) is 1. The van der Waals surface area contributed by atoms with Crippen LogP contribution < -0.4 is 5.84 Å². The highest BCUT2D eigenvalue weighted by Crippen LogP contribution is 2.61. The van der Waals surface area contributed by atoms with Crippen LogP contribution in [0.2, 0.25) is 0 Å². The summed E-state index contributed by atoms with van der Waals surface area (Å²) in [5.41, 5.74) is 0. The number of rotatable bonds is 3. The van der Waals surface area contributed by atoms with Gasteiger partial charge in [-0.2, -0.15) is 4.85 Å². The first-order valence-electron chi connectivity index (χ1n) is 7.46. The molecule has 3 aliphatic heterocycles. The predicted octanol–water partition coefficient (Wildman–Crippen LogP) is 2.09. The first-order valence-corrected chi connectivity index (χ1v) is 9.06. The van der Waals surface area contributed by atoms with Crippen molar-refractivity contribution in [3.05, 3.63) is 0 Å². The molecule has 6 heteroatoms. The lowest BCUT2D eigenvalue weighted by Crippen LogP contribution is -2.38. The third-order valence-electron chi connectivity index (χ3n) is 4.54. The summed E-state index contributed by atoms with van der Waals surface area (Å²) in [5, 5.41) is 0. The van der Waals surface area contributed by atoms with Gasteiger partial charge in [-0.15, -0.1) is 0 Å². The van der Waals surface area contributed by atoms with E-state index < -0.39 is 7.51 Å². The maximum atomic E-state index is 6.00. The standard InChI is InChI=1S/C12H26N5P/c13-14-18(15-7-1-2-8-15,16-9-3-4-10-16)17-11-5-6-12-17/h1-13H2. The van der Waals surface area contributed by atoms with E-state index in [1.807, 2.05) is 0 Å². The second-order valence-corrected chi connectivity index (χ2v) is 8.64. The molecule has 3 heterocycles. The molecule has 104 valence electrons. The van der Waals surface area contributed by atoms with Crippen LogP contribution in [-0.2, 0) is 0 Å². The normalized spacial score (nSPS) is 28.3. The van der Waals surface area contributed by atoms with Gasteiger partial charge in [-0.3, -0.25) is 0 Å². The van der Waals surface area contributed by atoms with Gasteiger partial charge < -0.3 is 0 Å². The summed E-state index contributed by atoms with van der Waals surface area (Å²) in [5.74, 6) is 6.00. The van der Waals surface area contributed by atoms with E-state index in [4.69, 9.17) is 5.84 Å². The fourth-order valence-electron chi connectivity index (χ4n) is 3.66. The molecule has 3 aliphatic rings. The molecule has 18 heavy (non-hydrogen) atoms.